The molecule has 17 heavy (non-hydrogen) atoms. The van der Waals surface area contributed by atoms with Gasteiger partial charge in [-0.15, -0.1) is 0 Å². The number of nitrogens with zero attached hydrogens (tertiary/aromatic N) is 5. The Kier molecular flexibility index (Phi) is 4.78. The molecule has 1 heterocycles. The van der Waals surface area contributed by atoms with Crippen LogP contribution in [0, 0.1) is 0 Å². The van der Waals surface area contributed by atoms with Crippen LogP contribution in [-0.4, -0.2) is 53.5 Å². The molecule has 0 saturated carbocycles. The molecule has 0 aliphatic carbocycles. The second kappa shape index (κ2) is 5.89. The minimum atomic E-state index is 0.0411. The number of azide groups is 1. The van der Waals surface area contributed by atoms with Gasteiger partial charge in [0.1, 0.15) is 0 Å². The second-order valence-electron chi connectivity index (χ2n) is 5.04. The van der Waals surface area contributed by atoms with Crippen molar-refractivity contribution in [3.05, 3.63) is 10.4 Å². The van der Waals surface area contributed by atoms with E-state index in [1.165, 1.54) is 0 Å². The molecule has 1 rings (SSSR count). The smallest absolute Gasteiger partial charge is 0.237 e. The highest BCUT2D eigenvalue weighted by Crippen LogP contribution is 2.13. The van der Waals surface area contributed by atoms with Crippen LogP contribution in [0.25, 0.3) is 10.4 Å². The third-order valence-electron chi connectivity index (χ3n) is 2.91. The van der Waals surface area contributed by atoms with E-state index in [0.717, 1.165) is 0 Å². The summed E-state index contributed by atoms with van der Waals surface area (Å²) in [6, 6.07) is 0.479. The van der Waals surface area contributed by atoms with Crippen LogP contribution in [0.4, 0.5) is 0 Å². The molecule has 0 aromatic carbocycles. The van der Waals surface area contributed by atoms with E-state index in [1.54, 1.807) is 0 Å². The minimum Gasteiger partial charge on any atom is -0.337 e. The average molecular weight is 239 g/mol. The molecule has 0 atom stereocenters. The standard InChI is InChI=1S/C11H21N5O/c1-8(2)16(9(3)4)11(17)7-15-5-10(6-15)13-14-12/h8-10H,5-7H2,1-4H3. The van der Waals surface area contributed by atoms with E-state index in [9.17, 15) is 4.79 Å². The van der Waals surface area contributed by atoms with Crippen molar-refractivity contribution in [2.75, 3.05) is 19.6 Å². The topological polar surface area (TPSA) is 72.3 Å². The van der Waals surface area contributed by atoms with Gasteiger partial charge >= 0.3 is 0 Å². The van der Waals surface area contributed by atoms with E-state index in [4.69, 9.17) is 5.53 Å². The number of hydrogen-bond donors (Lipinski definition) is 0. The van der Waals surface area contributed by atoms with Gasteiger partial charge in [-0.25, -0.2) is 0 Å². The number of likely N-dealkylation sites (tertiary alicyclic amines) is 1. The molecule has 0 bridgehead atoms. The van der Waals surface area contributed by atoms with Crippen molar-refractivity contribution in [2.45, 2.75) is 45.8 Å². The Morgan fingerprint density at radius 3 is 2.35 bits per heavy atom. The molecule has 6 nitrogen and oxygen atoms in total. The molecule has 1 amide bonds. The Labute approximate surface area is 102 Å². The van der Waals surface area contributed by atoms with Gasteiger partial charge < -0.3 is 4.90 Å². The maximum absolute atomic E-state index is 12.1. The van der Waals surface area contributed by atoms with Gasteiger partial charge in [-0.1, -0.05) is 5.11 Å². The highest BCUT2D eigenvalue weighted by molar-refractivity contribution is 5.79. The molecule has 0 unspecified atom stereocenters. The van der Waals surface area contributed by atoms with Crippen molar-refractivity contribution in [1.29, 1.82) is 0 Å². The molecule has 1 fully saturated rings. The number of carbonyl (C=O) groups is 1. The Bertz CT molecular complexity index is 308. The lowest BCUT2D eigenvalue weighted by molar-refractivity contribution is -0.137. The molecule has 1 aliphatic heterocycles. The predicted octanol–water partition coefficient (Wildman–Crippen LogP) is 1.63. The fourth-order valence-electron chi connectivity index (χ4n) is 2.26. The van der Waals surface area contributed by atoms with Crippen LogP contribution in [0.1, 0.15) is 27.7 Å². The third-order valence-corrected chi connectivity index (χ3v) is 2.91. The van der Waals surface area contributed by atoms with Crippen LogP contribution >= 0.6 is 0 Å². The predicted molar refractivity (Wildman–Crippen MR) is 66.5 cm³/mol. The summed E-state index contributed by atoms with van der Waals surface area (Å²) in [4.78, 5) is 18.7. The molecule has 0 radical (unpaired) electrons. The Balaban J connectivity index is 2.42. The van der Waals surface area contributed by atoms with E-state index in [0.29, 0.717) is 19.6 Å². The van der Waals surface area contributed by atoms with Gasteiger partial charge in [0.05, 0.1) is 12.6 Å². The molecular weight excluding hydrogens is 218 g/mol. The Morgan fingerprint density at radius 1 is 1.41 bits per heavy atom. The van der Waals surface area contributed by atoms with Crippen LogP contribution in [0.2, 0.25) is 0 Å². The molecule has 1 aliphatic rings. The summed E-state index contributed by atoms with van der Waals surface area (Å²) in [5.41, 5.74) is 8.27. The van der Waals surface area contributed by atoms with Crippen LogP contribution < -0.4 is 0 Å². The van der Waals surface area contributed by atoms with Crippen LogP contribution in [0.5, 0.6) is 0 Å². The van der Waals surface area contributed by atoms with Crippen LogP contribution in [-0.2, 0) is 4.79 Å². The van der Waals surface area contributed by atoms with E-state index < -0.39 is 0 Å². The first-order valence-electron chi connectivity index (χ1n) is 6.03. The molecule has 0 aromatic heterocycles. The summed E-state index contributed by atoms with van der Waals surface area (Å²) in [6.45, 7) is 9.91. The molecule has 1 saturated heterocycles. The van der Waals surface area contributed by atoms with Gasteiger partial charge in [-0.05, 0) is 33.2 Å². The van der Waals surface area contributed by atoms with Crippen molar-refractivity contribution >= 4 is 5.91 Å². The number of rotatable bonds is 5. The maximum atomic E-state index is 12.1. The fourth-order valence-corrected chi connectivity index (χ4v) is 2.26. The summed E-state index contributed by atoms with van der Waals surface area (Å²) >= 11 is 0. The lowest BCUT2D eigenvalue weighted by Crippen LogP contribution is -2.55. The number of amides is 1. The lowest BCUT2D eigenvalue weighted by Gasteiger charge is -2.39. The van der Waals surface area contributed by atoms with Crippen molar-refractivity contribution < 1.29 is 4.79 Å². The molecule has 0 N–H and O–H groups in total. The highest BCUT2D eigenvalue weighted by Gasteiger charge is 2.29. The zero-order chi connectivity index (χ0) is 13.0. The van der Waals surface area contributed by atoms with Crippen LogP contribution in [0.15, 0.2) is 5.11 Å². The summed E-state index contributed by atoms with van der Waals surface area (Å²) < 4.78 is 0. The van der Waals surface area contributed by atoms with E-state index >= 15 is 0 Å². The normalized spacial score (nSPS) is 16.8. The first kappa shape index (κ1) is 13.8. The first-order chi connectivity index (χ1) is 7.95. The fraction of sp³-hybridized carbons (Fsp3) is 0.909. The molecule has 6 heteroatoms. The molecule has 96 valence electrons. The number of carbonyl (C=O) groups excluding carboxylic acids is 1. The van der Waals surface area contributed by atoms with E-state index in [-0.39, 0.29) is 24.0 Å². The zero-order valence-corrected chi connectivity index (χ0v) is 11.0. The van der Waals surface area contributed by atoms with Crippen molar-refractivity contribution in [1.82, 2.24) is 9.80 Å². The lowest BCUT2D eigenvalue weighted by atomic mass is 10.1. The molecule has 0 aromatic rings. The zero-order valence-electron chi connectivity index (χ0n) is 11.0. The van der Waals surface area contributed by atoms with Crippen molar-refractivity contribution in [3.8, 4) is 0 Å². The van der Waals surface area contributed by atoms with Gasteiger partial charge in [-0.2, -0.15) is 0 Å². The monoisotopic (exact) mass is 239 g/mol. The summed E-state index contributed by atoms with van der Waals surface area (Å²) in [5, 5.41) is 3.62. The second-order valence-corrected chi connectivity index (χ2v) is 5.04. The van der Waals surface area contributed by atoms with Crippen molar-refractivity contribution in [3.63, 3.8) is 0 Å². The summed E-state index contributed by atoms with van der Waals surface area (Å²) in [5.74, 6) is 0.148. The summed E-state index contributed by atoms with van der Waals surface area (Å²) in [7, 11) is 0. The van der Waals surface area contributed by atoms with Crippen LogP contribution in [0.3, 0.4) is 0 Å². The molecular formula is C11H21N5O. The summed E-state index contributed by atoms with van der Waals surface area (Å²) in [6.07, 6.45) is 0. The quantitative estimate of drug-likeness (QED) is 0.415. The average Bonchev–Trinajstić information content (AvgIpc) is 2.13. The van der Waals surface area contributed by atoms with Gasteiger partial charge in [-0.3, -0.25) is 9.69 Å². The Morgan fingerprint density at radius 2 is 1.94 bits per heavy atom. The van der Waals surface area contributed by atoms with Gasteiger partial charge in [0.25, 0.3) is 0 Å². The van der Waals surface area contributed by atoms with Gasteiger partial charge in [0.15, 0.2) is 0 Å². The maximum Gasteiger partial charge on any atom is 0.237 e. The Hall–Kier alpha value is -1.26. The largest absolute Gasteiger partial charge is 0.337 e. The first-order valence-corrected chi connectivity index (χ1v) is 6.03. The molecule has 0 spiro atoms. The minimum absolute atomic E-state index is 0.0411. The van der Waals surface area contributed by atoms with E-state index in [1.807, 2.05) is 37.5 Å². The van der Waals surface area contributed by atoms with Gasteiger partial charge in [0, 0.05) is 30.1 Å². The van der Waals surface area contributed by atoms with Gasteiger partial charge in [0.2, 0.25) is 5.91 Å². The van der Waals surface area contributed by atoms with E-state index in [2.05, 4.69) is 10.0 Å². The van der Waals surface area contributed by atoms with Crippen molar-refractivity contribution in [2.24, 2.45) is 5.11 Å². The third kappa shape index (κ3) is 3.61. The number of hydrogen-bond acceptors (Lipinski definition) is 3. The SMILES string of the molecule is CC(C)N(C(=O)CN1CC(N=[N+]=[N-])C1)C(C)C. The highest BCUT2D eigenvalue weighted by atomic mass is 16.2.